The van der Waals surface area contributed by atoms with Crippen LogP contribution >= 0.6 is 11.6 Å². The molecular weight excluding hydrogens is 215 g/mol. The number of aliphatic hydroxyl groups is 1. The molecule has 1 aliphatic rings. The van der Waals surface area contributed by atoms with Crippen molar-refractivity contribution in [2.45, 2.75) is 37.7 Å². The first-order valence-electron chi connectivity index (χ1n) is 5.26. The van der Waals surface area contributed by atoms with Crippen molar-refractivity contribution in [1.82, 2.24) is 0 Å². The van der Waals surface area contributed by atoms with Crippen molar-refractivity contribution in [1.29, 1.82) is 0 Å². The molecule has 0 amide bonds. The third-order valence-corrected chi connectivity index (χ3v) is 3.46. The predicted octanol–water partition coefficient (Wildman–Crippen LogP) is 3.33. The number of rotatable bonds is 2. The molecule has 0 atom stereocenters. The van der Waals surface area contributed by atoms with E-state index in [1.807, 2.05) is 0 Å². The van der Waals surface area contributed by atoms with Crippen molar-refractivity contribution in [2.75, 3.05) is 0 Å². The Morgan fingerprint density at radius 1 is 1.33 bits per heavy atom. The quantitative estimate of drug-likeness (QED) is 0.823. The first kappa shape index (κ1) is 10.9. The Hall–Kier alpha value is -0.600. The van der Waals surface area contributed by atoms with E-state index in [0.717, 1.165) is 25.7 Å². The van der Waals surface area contributed by atoms with Crippen LogP contribution in [-0.2, 0) is 6.42 Å². The minimum Gasteiger partial charge on any atom is -0.390 e. The fourth-order valence-electron chi connectivity index (χ4n) is 2.24. The molecule has 82 valence electrons. The fraction of sp³-hybridized carbons (Fsp3) is 0.500. The molecule has 1 aromatic rings. The van der Waals surface area contributed by atoms with Crippen molar-refractivity contribution in [3.8, 4) is 0 Å². The van der Waals surface area contributed by atoms with Gasteiger partial charge in [0.1, 0.15) is 5.82 Å². The maximum atomic E-state index is 13.5. The Balaban J connectivity index is 2.23. The maximum absolute atomic E-state index is 13.5. The van der Waals surface area contributed by atoms with Crippen LogP contribution in [-0.4, -0.2) is 10.7 Å². The Kier molecular flexibility index (Phi) is 2.98. The minimum atomic E-state index is -0.744. The van der Waals surface area contributed by atoms with E-state index < -0.39 is 5.60 Å². The van der Waals surface area contributed by atoms with E-state index in [9.17, 15) is 9.50 Å². The summed E-state index contributed by atoms with van der Waals surface area (Å²) in [7, 11) is 0. The Labute approximate surface area is 93.9 Å². The lowest BCUT2D eigenvalue weighted by Crippen LogP contribution is -2.27. The molecule has 0 bridgehead atoms. The summed E-state index contributed by atoms with van der Waals surface area (Å²) in [6.45, 7) is 0. The topological polar surface area (TPSA) is 20.2 Å². The molecule has 0 unspecified atom stereocenters. The molecule has 1 aromatic carbocycles. The van der Waals surface area contributed by atoms with Crippen LogP contribution in [0.25, 0.3) is 0 Å². The van der Waals surface area contributed by atoms with Gasteiger partial charge in [0.05, 0.1) is 5.60 Å². The van der Waals surface area contributed by atoms with Gasteiger partial charge >= 0.3 is 0 Å². The van der Waals surface area contributed by atoms with Crippen LogP contribution in [0.1, 0.15) is 31.2 Å². The smallest absolute Gasteiger partial charge is 0.127 e. The summed E-state index contributed by atoms with van der Waals surface area (Å²) in [5.41, 5.74) is -0.296. The second-order valence-electron chi connectivity index (χ2n) is 4.31. The molecule has 1 saturated carbocycles. The van der Waals surface area contributed by atoms with Crippen molar-refractivity contribution < 1.29 is 9.50 Å². The van der Waals surface area contributed by atoms with Gasteiger partial charge in [0.25, 0.3) is 0 Å². The van der Waals surface area contributed by atoms with Crippen LogP contribution in [0.5, 0.6) is 0 Å². The molecule has 0 heterocycles. The van der Waals surface area contributed by atoms with Gasteiger partial charge in [-0.15, -0.1) is 0 Å². The molecule has 0 aromatic heterocycles. The Morgan fingerprint density at radius 3 is 2.60 bits per heavy atom. The largest absolute Gasteiger partial charge is 0.390 e. The van der Waals surface area contributed by atoms with Gasteiger partial charge in [-0.3, -0.25) is 0 Å². The highest BCUT2D eigenvalue weighted by Gasteiger charge is 2.32. The summed E-state index contributed by atoms with van der Waals surface area (Å²) in [6.07, 6.45) is 3.86. The molecule has 1 nitrogen and oxygen atoms in total. The zero-order chi connectivity index (χ0) is 10.9. The summed E-state index contributed by atoms with van der Waals surface area (Å²) >= 11 is 5.92. The summed E-state index contributed by atoms with van der Waals surface area (Å²) in [5.74, 6) is -0.317. The average Bonchev–Trinajstić information content (AvgIpc) is 2.60. The van der Waals surface area contributed by atoms with Crippen molar-refractivity contribution in [3.05, 3.63) is 34.6 Å². The zero-order valence-corrected chi connectivity index (χ0v) is 9.23. The van der Waals surface area contributed by atoms with Gasteiger partial charge in [0, 0.05) is 17.0 Å². The second-order valence-corrected chi connectivity index (χ2v) is 4.72. The molecular formula is C12H14ClFO. The minimum absolute atomic E-state index is 0.317. The Bertz CT molecular complexity index is 338. The van der Waals surface area contributed by atoms with Gasteiger partial charge in [0.15, 0.2) is 0 Å². The van der Waals surface area contributed by atoms with E-state index >= 15 is 0 Å². The lowest BCUT2D eigenvalue weighted by atomic mass is 9.93. The monoisotopic (exact) mass is 228 g/mol. The van der Waals surface area contributed by atoms with E-state index in [-0.39, 0.29) is 5.82 Å². The molecule has 1 fully saturated rings. The summed E-state index contributed by atoms with van der Waals surface area (Å²) in [5, 5.41) is 10.6. The first-order chi connectivity index (χ1) is 7.11. The molecule has 0 spiro atoms. The average molecular weight is 229 g/mol. The summed E-state index contributed by atoms with van der Waals surface area (Å²) < 4.78 is 13.5. The molecule has 0 aliphatic heterocycles. The van der Waals surface area contributed by atoms with Gasteiger partial charge < -0.3 is 5.11 Å². The number of halogens is 2. The molecule has 2 rings (SSSR count). The van der Waals surface area contributed by atoms with Crippen LogP contribution in [0.4, 0.5) is 4.39 Å². The van der Waals surface area contributed by atoms with E-state index in [2.05, 4.69) is 0 Å². The third kappa shape index (κ3) is 2.32. The standard InChI is InChI=1S/C12H14ClFO/c13-10-4-3-5-11(14)9(10)8-12(15)6-1-2-7-12/h3-5,15H,1-2,6-8H2. The molecule has 3 heteroatoms. The van der Waals surface area contributed by atoms with Crippen LogP contribution in [0.3, 0.4) is 0 Å². The van der Waals surface area contributed by atoms with Gasteiger partial charge in [-0.05, 0) is 25.0 Å². The lowest BCUT2D eigenvalue weighted by Gasteiger charge is -2.22. The van der Waals surface area contributed by atoms with Crippen LogP contribution in [0.15, 0.2) is 18.2 Å². The second kappa shape index (κ2) is 4.11. The van der Waals surface area contributed by atoms with Gasteiger partial charge in [0.2, 0.25) is 0 Å². The highest BCUT2D eigenvalue weighted by Crippen LogP contribution is 2.34. The third-order valence-electron chi connectivity index (χ3n) is 3.10. The highest BCUT2D eigenvalue weighted by atomic mass is 35.5. The fourth-order valence-corrected chi connectivity index (χ4v) is 2.47. The van der Waals surface area contributed by atoms with Crippen molar-refractivity contribution in [2.24, 2.45) is 0 Å². The normalized spacial score (nSPS) is 19.4. The van der Waals surface area contributed by atoms with Crippen molar-refractivity contribution >= 4 is 11.6 Å². The maximum Gasteiger partial charge on any atom is 0.127 e. The molecule has 1 N–H and O–H groups in total. The molecule has 0 saturated heterocycles. The van der Waals surface area contributed by atoms with Crippen molar-refractivity contribution in [3.63, 3.8) is 0 Å². The predicted molar refractivity (Wildman–Crippen MR) is 58.5 cm³/mol. The first-order valence-corrected chi connectivity index (χ1v) is 5.64. The SMILES string of the molecule is OC1(Cc2c(F)cccc2Cl)CCCC1. The van der Waals surface area contributed by atoms with Gasteiger partial charge in [-0.1, -0.05) is 30.5 Å². The van der Waals surface area contributed by atoms with E-state index in [1.165, 1.54) is 6.07 Å². The Morgan fingerprint density at radius 2 is 2.00 bits per heavy atom. The molecule has 1 aliphatic carbocycles. The van der Waals surface area contributed by atoms with Crippen LogP contribution in [0.2, 0.25) is 5.02 Å². The van der Waals surface area contributed by atoms with E-state index in [1.54, 1.807) is 12.1 Å². The zero-order valence-electron chi connectivity index (χ0n) is 8.47. The number of benzene rings is 1. The van der Waals surface area contributed by atoms with Crippen LogP contribution in [0, 0.1) is 5.82 Å². The van der Waals surface area contributed by atoms with Crippen LogP contribution < -0.4 is 0 Å². The molecule has 0 radical (unpaired) electrons. The van der Waals surface area contributed by atoms with E-state index in [0.29, 0.717) is 17.0 Å². The highest BCUT2D eigenvalue weighted by molar-refractivity contribution is 6.31. The summed E-state index contributed by atoms with van der Waals surface area (Å²) in [4.78, 5) is 0. The van der Waals surface area contributed by atoms with Gasteiger partial charge in [-0.2, -0.15) is 0 Å². The lowest BCUT2D eigenvalue weighted by molar-refractivity contribution is 0.0473. The number of hydrogen-bond acceptors (Lipinski definition) is 1. The van der Waals surface area contributed by atoms with Gasteiger partial charge in [-0.25, -0.2) is 4.39 Å². The number of hydrogen-bond donors (Lipinski definition) is 1. The molecule has 15 heavy (non-hydrogen) atoms. The summed E-state index contributed by atoms with van der Waals surface area (Å²) in [6, 6.07) is 4.64. The van der Waals surface area contributed by atoms with E-state index in [4.69, 9.17) is 11.6 Å².